The Bertz CT molecular complexity index is 1600. The first-order valence-electron chi connectivity index (χ1n) is 13.9. The van der Waals surface area contributed by atoms with Gasteiger partial charge in [-0.05, 0) is 61.7 Å². The predicted octanol–water partition coefficient (Wildman–Crippen LogP) is 2.88. The Kier molecular flexibility index (Phi) is 9.27. The maximum atomic E-state index is 13.3. The molecule has 1 aliphatic carbocycles. The molecular formula is C30H34N2O9S. The van der Waals surface area contributed by atoms with Crippen molar-refractivity contribution in [2.75, 3.05) is 33.4 Å². The number of nitrogens with zero attached hydrogens (tertiary/aromatic N) is 1. The van der Waals surface area contributed by atoms with Gasteiger partial charge in [-0.15, -0.1) is 0 Å². The second-order valence-electron chi connectivity index (χ2n) is 10.2. The topological polar surface area (TPSA) is 145 Å². The van der Waals surface area contributed by atoms with Crippen LogP contribution in [0.25, 0.3) is 11.0 Å². The van der Waals surface area contributed by atoms with Crippen LogP contribution in [0.5, 0.6) is 5.75 Å². The summed E-state index contributed by atoms with van der Waals surface area (Å²) in [6.07, 6.45) is 5.10. The minimum Gasteiger partial charge on any atom is -0.497 e. The molecule has 11 nitrogen and oxygen atoms in total. The van der Waals surface area contributed by atoms with Gasteiger partial charge in [-0.25, -0.2) is 8.42 Å². The number of methoxy groups -OCH3 is 1. The Morgan fingerprint density at radius 1 is 1.12 bits per heavy atom. The molecule has 2 aromatic carbocycles. The fraction of sp³-hybridized carbons (Fsp3) is 0.400. The average Bonchev–Trinajstić information content (AvgIpc) is 2.98. The van der Waals surface area contributed by atoms with E-state index in [2.05, 4.69) is 5.32 Å². The molecule has 0 bridgehead atoms. The number of aliphatic hydroxyl groups excluding tert-OH is 1. The number of fused-ring (bicyclic) bond motifs is 1. The highest BCUT2D eigenvalue weighted by Crippen LogP contribution is 2.32. The lowest BCUT2D eigenvalue weighted by Crippen LogP contribution is -2.42. The Hall–Kier alpha value is -3.71. The van der Waals surface area contributed by atoms with Crippen LogP contribution in [0.3, 0.4) is 0 Å². The quantitative estimate of drug-likeness (QED) is 0.322. The summed E-state index contributed by atoms with van der Waals surface area (Å²) in [5.41, 5.74) is 0.612. The molecule has 2 aliphatic rings. The van der Waals surface area contributed by atoms with Crippen molar-refractivity contribution < 1.29 is 36.9 Å². The van der Waals surface area contributed by atoms with Crippen LogP contribution in [0, 0.1) is 0 Å². The van der Waals surface area contributed by atoms with Gasteiger partial charge in [0.1, 0.15) is 11.3 Å². The van der Waals surface area contributed by atoms with E-state index in [1.807, 2.05) is 0 Å². The normalized spacial score (nSPS) is 19.2. The van der Waals surface area contributed by atoms with E-state index in [9.17, 15) is 23.1 Å². The van der Waals surface area contributed by atoms with Gasteiger partial charge in [0.25, 0.3) is 5.91 Å². The third-order valence-corrected chi connectivity index (χ3v) is 9.43. The lowest BCUT2D eigenvalue weighted by molar-refractivity contribution is -0.147. The molecule has 42 heavy (non-hydrogen) atoms. The van der Waals surface area contributed by atoms with Crippen LogP contribution in [0.1, 0.15) is 37.2 Å². The van der Waals surface area contributed by atoms with Crippen LogP contribution in [-0.2, 0) is 24.3 Å². The monoisotopic (exact) mass is 598 g/mol. The number of benzene rings is 2. The predicted molar refractivity (Wildman–Crippen MR) is 153 cm³/mol. The van der Waals surface area contributed by atoms with Crippen LogP contribution in [0.15, 0.2) is 80.7 Å². The van der Waals surface area contributed by atoms with E-state index in [0.29, 0.717) is 22.3 Å². The van der Waals surface area contributed by atoms with Crippen molar-refractivity contribution in [3.63, 3.8) is 0 Å². The number of amides is 1. The highest BCUT2D eigenvalue weighted by Gasteiger charge is 2.33. The molecule has 12 heteroatoms. The molecule has 5 rings (SSSR count). The summed E-state index contributed by atoms with van der Waals surface area (Å²) in [4.78, 5) is 26.4. The summed E-state index contributed by atoms with van der Waals surface area (Å²) in [5, 5.41) is 12.9. The first-order chi connectivity index (χ1) is 20.3. The largest absolute Gasteiger partial charge is 0.497 e. The fourth-order valence-electron chi connectivity index (χ4n) is 4.94. The summed E-state index contributed by atoms with van der Waals surface area (Å²) in [6, 6.07) is 13.0. The van der Waals surface area contributed by atoms with Gasteiger partial charge in [-0.3, -0.25) is 9.59 Å². The number of para-hydroxylation sites is 1. The lowest BCUT2D eigenvalue weighted by Gasteiger charge is -2.31. The average molecular weight is 599 g/mol. The number of ether oxygens (including phenoxy) is 3. The second-order valence-corrected chi connectivity index (χ2v) is 12.2. The van der Waals surface area contributed by atoms with E-state index in [0.717, 1.165) is 23.6 Å². The Morgan fingerprint density at radius 2 is 1.88 bits per heavy atom. The van der Waals surface area contributed by atoms with Crippen LogP contribution in [-0.4, -0.2) is 69.5 Å². The van der Waals surface area contributed by atoms with Gasteiger partial charge in [0.05, 0.1) is 36.9 Å². The molecule has 1 saturated carbocycles. The molecule has 224 valence electrons. The number of aliphatic hydroxyl groups is 1. The smallest absolute Gasteiger partial charge is 0.286 e. The van der Waals surface area contributed by atoms with Crippen molar-refractivity contribution in [1.82, 2.24) is 9.62 Å². The number of hydrogen-bond donors (Lipinski definition) is 2. The number of sulfonamides is 1. The number of carbonyl (C=O) groups excluding carboxylic acids is 1. The van der Waals surface area contributed by atoms with Crippen molar-refractivity contribution >= 4 is 26.9 Å². The highest BCUT2D eigenvalue weighted by atomic mass is 32.2. The molecule has 1 aromatic heterocycles. The lowest BCUT2D eigenvalue weighted by atomic mass is 9.92. The molecule has 0 spiro atoms. The molecule has 0 radical (unpaired) electrons. The molecule has 3 aromatic rings. The van der Waals surface area contributed by atoms with Gasteiger partial charge >= 0.3 is 0 Å². The van der Waals surface area contributed by atoms with E-state index in [4.69, 9.17) is 18.6 Å². The zero-order valence-electron chi connectivity index (χ0n) is 23.2. The molecule has 1 fully saturated rings. The van der Waals surface area contributed by atoms with Gasteiger partial charge < -0.3 is 29.1 Å². The number of allylic oxidation sites excluding steroid dienone is 1. The standard InChI is InChI=1S/C30H34N2O9S/c1-38-22-9-11-23(12-10-22)42(36,37)32(13-15-33)14-16-39-28-18-20(17-27(41-28)30(35)31-21-5-4-6-21)25-19-40-26-8-3-2-7-24(26)29(25)34/h2-3,7-12,17,19-21,28,33H,4-6,13-16,18H2,1H3,(H,31,35)/t20-,28+/m1/s1. The first kappa shape index (κ1) is 29.8. The summed E-state index contributed by atoms with van der Waals surface area (Å²) < 4.78 is 50.3. The summed E-state index contributed by atoms with van der Waals surface area (Å²) >= 11 is 0. The van der Waals surface area contributed by atoms with E-state index >= 15 is 0 Å². The van der Waals surface area contributed by atoms with Crippen LogP contribution < -0.4 is 15.5 Å². The summed E-state index contributed by atoms with van der Waals surface area (Å²) in [5.74, 6) is -0.384. The minimum absolute atomic E-state index is 0.0359. The SMILES string of the molecule is COc1ccc(S(=O)(=O)N(CCO)CCO[C@@H]2C[C@H](c3coc4ccccc4c3=O)C=C(C(=O)NC3CCC3)O2)cc1. The Morgan fingerprint density at radius 3 is 2.57 bits per heavy atom. The molecular weight excluding hydrogens is 564 g/mol. The van der Waals surface area contributed by atoms with Gasteiger partial charge in [-0.2, -0.15) is 4.31 Å². The highest BCUT2D eigenvalue weighted by molar-refractivity contribution is 7.89. The number of rotatable bonds is 12. The third kappa shape index (κ3) is 6.51. The third-order valence-electron chi connectivity index (χ3n) is 7.52. The molecule has 0 saturated heterocycles. The summed E-state index contributed by atoms with van der Waals surface area (Å²) in [6.45, 7) is -0.691. The second kappa shape index (κ2) is 13.1. The van der Waals surface area contributed by atoms with Crippen LogP contribution in [0.4, 0.5) is 0 Å². The van der Waals surface area contributed by atoms with Gasteiger partial charge in [0, 0.05) is 37.0 Å². The van der Waals surface area contributed by atoms with E-state index in [1.165, 1.54) is 25.5 Å². The molecule has 0 unspecified atom stereocenters. The maximum absolute atomic E-state index is 13.3. The minimum atomic E-state index is -3.94. The van der Waals surface area contributed by atoms with Crippen LogP contribution in [0.2, 0.25) is 0 Å². The van der Waals surface area contributed by atoms with E-state index in [-0.39, 0.29) is 54.8 Å². The van der Waals surface area contributed by atoms with E-state index in [1.54, 1.807) is 42.5 Å². The number of nitrogens with one attached hydrogen (secondary N) is 1. The van der Waals surface area contributed by atoms with Crippen molar-refractivity contribution in [2.45, 2.75) is 48.8 Å². The first-order valence-corrected chi connectivity index (χ1v) is 15.3. The molecule has 1 amide bonds. The van der Waals surface area contributed by atoms with Crippen molar-refractivity contribution in [1.29, 1.82) is 0 Å². The zero-order chi connectivity index (χ0) is 29.7. The van der Waals surface area contributed by atoms with Gasteiger partial charge in [0.15, 0.2) is 11.2 Å². The molecule has 2 heterocycles. The Balaban J connectivity index is 1.33. The molecule has 1 aliphatic heterocycles. The number of carbonyl (C=O) groups is 1. The van der Waals surface area contributed by atoms with Crippen molar-refractivity contribution in [3.05, 3.63) is 82.4 Å². The molecule has 2 atom stereocenters. The Labute approximate surface area is 243 Å². The van der Waals surface area contributed by atoms with Crippen LogP contribution >= 0.6 is 0 Å². The number of hydrogen-bond acceptors (Lipinski definition) is 9. The maximum Gasteiger partial charge on any atom is 0.286 e. The van der Waals surface area contributed by atoms with Gasteiger partial charge in [0.2, 0.25) is 16.3 Å². The van der Waals surface area contributed by atoms with Crippen molar-refractivity contribution in [3.8, 4) is 5.75 Å². The fourth-order valence-corrected chi connectivity index (χ4v) is 6.35. The zero-order valence-corrected chi connectivity index (χ0v) is 24.0. The molecule has 2 N–H and O–H groups in total. The summed E-state index contributed by atoms with van der Waals surface area (Å²) in [7, 11) is -2.45. The van der Waals surface area contributed by atoms with E-state index < -0.39 is 28.1 Å². The van der Waals surface area contributed by atoms with Gasteiger partial charge in [-0.1, -0.05) is 12.1 Å². The van der Waals surface area contributed by atoms with Crippen molar-refractivity contribution in [2.24, 2.45) is 0 Å².